The van der Waals surface area contributed by atoms with Crippen molar-refractivity contribution >= 4 is 5.91 Å². The molecule has 3 rings (SSSR count). The normalized spacial score (nSPS) is 26.1. The van der Waals surface area contributed by atoms with Gasteiger partial charge in [-0.15, -0.1) is 0 Å². The molecule has 2 aliphatic rings. The van der Waals surface area contributed by atoms with Crippen LogP contribution in [0.2, 0.25) is 0 Å². The van der Waals surface area contributed by atoms with Gasteiger partial charge < -0.3 is 4.90 Å². The molecule has 1 aromatic rings. The molecular weight excluding hydrogens is 260 g/mol. The number of hydrogen-bond acceptors (Lipinski definition) is 2. The molecule has 2 fully saturated rings. The Balaban J connectivity index is 1.72. The van der Waals surface area contributed by atoms with Gasteiger partial charge in [0.25, 0.3) is 0 Å². The molecule has 1 N–H and O–H groups in total. The highest BCUT2D eigenvalue weighted by atomic mass is 16.2. The van der Waals surface area contributed by atoms with Gasteiger partial charge in [-0.3, -0.25) is 10.1 Å². The van der Waals surface area contributed by atoms with Crippen LogP contribution in [0.15, 0.2) is 30.3 Å². The molecule has 21 heavy (non-hydrogen) atoms. The number of carbonyl (C=O) groups is 1. The van der Waals surface area contributed by atoms with Crippen LogP contribution >= 0.6 is 0 Å². The fourth-order valence-corrected chi connectivity index (χ4v) is 3.43. The lowest BCUT2D eigenvalue weighted by molar-refractivity contribution is -0.130. The van der Waals surface area contributed by atoms with Gasteiger partial charge in [0.15, 0.2) is 0 Å². The molecule has 3 heteroatoms. The van der Waals surface area contributed by atoms with Crippen molar-refractivity contribution in [3.8, 4) is 0 Å². The van der Waals surface area contributed by atoms with E-state index in [0.717, 1.165) is 31.7 Å². The van der Waals surface area contributed by atoms with Crippen LogP contribution in [0.4, 0.5) is 0 Å². The minimum absolute atomic E-state index is 0.00148. The van der Waals surface area contributed by atoms with E-state index in [-0.39, 0.29) is 12.2 Å². The first-order valence-corrected chi connectivity index (χ1v) is 8.41. The van der Waals surface area contributed by atoms with Gasteiger partial charge in [-0.2, -0.15) is 0 Å². The highest BCUT2D eigenvalue weighted by Crippen LogP contribution is 2.32. The number of benzene rings is 1. The third-order valence-electron chi connectivity index (χ3n) is 4.95. The van der Waals surface area contributed by atoms with Gasteiger partial charge in [0.1, 0.15) is 6.17 Å². The van der Waals surface area contributed by atoms with Crippen molar-refractivity contribution in [1.29, 1.82) is 0 Å². The minimum atomic E-state index is 0.00148. The van der Waals surface area contributed by atoms with Crippen LogP contribution in [0.3, 0.4) is 0 Å². The summed E-state index contributed by atoms with van der Waals surface area (Å²) >= 11 is 0. The van der Waals surface area contributed by atoms with E-state index in [2.05, 4.69) is 41.4 Å². The summed E-state index contributed by atoms with van der Waals surface area (Å²) in [5, 5.41) is 3.54. The Morgan fingerprint density at radius 2 is 1.95 bits per heavy atom. The first kappa shape index (κ1) is 14.6. The van der Waals surface area contributed by atoms with E-state index in [9.17, 15) is 4.79 Å². The number of nitrogens with one attached hydrogen (secondary N) is 1. The molecule has 0 radical (unpaired) electrons. The van der Waals surface area contributed by atoms with Gasteiger partial charge in [0.05, 0.1) is 6.04 Å². The monoisotopic (exact) mass is 286 g/mol. The Hall–Kier alpha value is -1.35. The molecule has 1 heterocycles. The van der Waals surface area contributed by atoms with Crippen LogP contribution in [0.5, 0.6) is 0 Å². The predicted molar refractivity (Wildman–Crippen MR) is 84.7 cm³/mol. The van der Waals surface area contributed by atoms with Crippen LogP contribution in [0, 0.1) is 5.92 Å². The average Bonchev–Trinajstić information content (AvgIpc) is 2.76. The summed E-state index contributed by atoms with van der Waals surface area (Å²) in [4.78, 5) is 14.7. The molecular formula is C18H26N2O. The van der Waals surface area contributed by atoms with Crippen LogP contribution < -0.4 is 5.32 Å². The van der Waals surface area contributed by atoms with Gasteiger partial charge in [0.2, 0.25) is 5.91 Å². The predicted octanol–water partition coefficient (Wildman–Crippen LogP) is 3.48. The number of hydrogen-bond donors (Lipinski definition) is 1. The molecule has 1 amide bonds. The van der Waals surface area contributed by atoms with Crippen LogP contribution in [0.1, 0.15) is 57.2 Å². The second kappa shape index (κ2) is 6.61. The second-order valence-corrected chi connectivity index (χ2v) is 6.44. The van der Waals surface area contributed by atoms with Crippen molar-refractivity contribution in [2.24, 2.45) is 5.92 Å². The standard InChI is InChI=1S/C18H26N2O/c1-2-7-16-18(21)20(13-12-14-8-6-9-14)17(19-16)15-10-4-3-5-11-15/h3-5,10-11,14,16-17,19H,2,6-9,12-13H2,1H3. The van der Waals surface area contributed by atoms with Gasteiger partial charge in [0, 0.05) is 6.54 Å². The molecule has 3 nitrogen and oxygen atoms in total. The molecule has 1 aliphatic heterocycles. The lowest BCUT2D eigenvalue weighted by Crippen LogP contribution is -2.33. The molecule has 1 aromatic carbocycles. The number of rotatable bonds is 6. The van der Waals surface area contributed by atoms with Crippen LogP contribution in [-0.4, -0.2) is 23.4 Å². The van der Waals surface area contributed by atoms with Crippen molar-refractivity contribution in [3.63, 3.8) is 0 Å². The zero-order valence-corrected chi connectivity index (χ0v) is 12.9. The van der Waals surface area contributed by atoms with E-state index in [1.54, 1.807) is 0 Å². The summed E-state index contributed by atoms with van der Waals surface area (Å²) in [6, 6.07) is 10.4. The summed E-state index contributed by atoms with van der Waals surface area (Å²) in [5.74, 6) is 1.14. The fraction of sp³-hybridized carbons (Fsp3) is 0.611. The van der Waals surface area contributed by atoms with Crippen LogP contribution in [-0.2, 0) is 4.79 Å². The number of carbonyl (C=O) groups excluding carboxylic acids is 1. The summed E-state index contributed by atoms with van der Waals surface area (Å²) in [5.41, 5.74) is 1.21. The second-order valence-electron chi connectivity index (χ2n) is 6.44. The van der Waals surface area contributed by atoms with Crippen LogP contribution in [0.25, 0.3) is 0 Å². The highest BCUT2D eigenvalue weighted by molar-refractivity contribution is 5.84. The smallest absolute Gasteiger partial charge is 0.241 e. The van der Waals surface area contributed by atoms with Crippen molar-refractivity contribution in [1.82, 2.24) is 10.2 Å². The molecule has 0 aromatic heterocycles. The van der Waals surface area contributed by atoms with Gasteiger partial charge in [-0.05, 0) is 24.3 Å². The molecule has 2 atom stereocenters. The largest absolute Gasteiger partial charge is 0.322 e. The van der Waals surface area contributed by atoms with Crippen molar-refractivity contribution in [3.05, 3.63) is 35.9 Å². The first-order valence-electron chi connectivity index (χ1n) is 8.41. The molecule has 1 aliphatic carbocycles. The van der Waals surface area contributed by atoms with Crippen molar-refractivity contribution < 1.29 is 4.79 Å². The molecule has 1 saturated heterocycles. The fourth-order valence-electron chi connectivity index (χ4n) is 3.43. The number of nitrogens with zero attached hydrogens (tertiary/aromatic N) is 1. The topological polar surface area (TPSA) is 32.3 Å². The Bertz CT molecular complexity index is 469. The summed E-state index contributed by atoms with van der Waals surface area (Å²) in [6.07, 6.45) is 7.28. The molecule has 2 unspecified atom stereocenters. The average molecular weight is 286 g/mol. The third kappa shape index (κ3) is 3.13. The van der Waals surface area contributed by atoms with Gasteiger partial charge in [-0.1, -0.05) is 62.9 Å². The van der Waals surface area contributed by atoms with E-state index in [4.69, 9.17) is 0 Å². The van der Waals surface area contributed by atoms with E-state index < -0.39 is 0 Å². The number of amides is 1. The first-order chi connectivity index (χ1) is 10.3. The summed E-state index contributed by atoms with van der Waals surface area (Å²) < 4.78 is 0. The SMILES string of the molecule is CCCC1NC(c2ccccc2)N(CCC2CCC2)C1=O. The minimum Gasteiger partial charge on any atom is -0.322 e. The third-order valence-corrected chi connectivity index (χ3v) is 4.95. The van der Waals surface area contributed by atoms with Crippen molar-refractivity contribution in [2.45, 2.75) is 57.7 Å². The van der Waals surface area contributed by atoms with Crippen molar-refractivity contribution in [2.75, 3.05) is 6.54 Å². The highest BCUT2D eigenvalue weighted by Gasteiger charge is 2.39. The zero-order chi connectivity index (χ0) is 14.7. The maximum Gasteiger partial charge on any atom is 0.241 e. The maximum atomic E-state index is 12.7. The zero-order valence-electron chi connectivity index (χ0n) is 12.9. The Kier molecular flexibility index (Phi) is 4.59. The van der Waals surface area contributed by atoms with E-state index >= 15 is 0 Å². The lowest BCUT2D eigenvalue weighted by Gasteiger charge is -2.30. The Morgan fingerprint density at radius 3 is 2.57 bits per heavy atom. The van der Waals surface area contributed by atoms with Gasteiger partial charge >= 0.3 is 0 Å². The van der Waals surface area contributed by atoms with E-state index in [1.807, 2.05) is 6.07 Å². The molecule has 114 valence electrons. The molecule has 0 spiro atoms. The van der Waals surface area contributed by atoms with E-state index in [1.165, 1.54) is 24.8 Å². The Morgan fingerprint density at radius 1 is 1.19 bits per heavy atom. The lowest BCUT2D eigenvalue weighted by atomic mass is 9.83. The Labute approximate surface area is 127 Å². The van der Waals surface area contributed by atoms with E-state index in [0.29, 0.717) is 5.91 Å². The summed E-state index contributed by atoms with van der Waals surface area (Å²) in [6.45, 7) is 3.04. The molecule has 0 bridgehead atoms. The quantitative estimate of drug-likeness (QED) is 0.868. The maximum absolute atomic E-state index is 12.7. The summed E-state index contributed by atoms with van der Waals surface area (Å²) in [7, 11) is 0. The molecule has 1 saturated carbocycles. The van der Waals surface area contributed by atoms with Gasteiger partial charge in [-0.25, -0.2) is 0 Å².